The average molecular weight is 462 g/mol. The van der Waals surface area contributed by atoms with E-state index in [2.05, 4.69) is 20.6 Å². The minimum absolute atomic E-state index is 0. The monoisotopic (exact) mass is 462 g/mol. The van der Waals surface area contributed by atoms with Gasteiger partial charge >= 0.3 is 0 Å². The molecule has 0 spiro atoms. The van der Waals surface area contributed by atoms with Crippen molar-refractivity contribution in [3.63, 3.8) is 0 Å². The van der Waals surface area contributed by atoms with Crippen molar-refractivity contribution in [3.05, 3.63) is 50.7 Å². The summed E-state index contributed by atoms with van der Waals surface area (Å²) in [5.74, 6) is 0.499. The molecule has 24 heavy (non-hydrogen) atoms. The highest BCUT2D eigenvalue weighted by atomic mass is 127. The van der Waals surface area contributed by atoms with Gasteiger partial charge in [0.15, 0.2) is 5.96 Å². The van der Waals surface area contributed by atoms with Crippen LogP contribution in [0.1, 0.15) is 39.7 Å². The molecule has 0 aliphatic heterocycles. The number of nitrogens with zero attached hydrogens (tertiary/aromatic N) is 2. The van der Waals surface area contributed by atoms with E-state index < -0.39 is 0 Å². The first kappa shape index (κ1) is 20.8. The van der Waals surface area contributed by atoms with Crippen molar-refractivity contribution in [1.29, 1.82) is 0 Å². The van der Waals surface area contributed by atoms with Gasteiger partial charge in [0.1, 0.15) is 5.82 Å². The summed E-state index contributed by atoms with van der Waals surface area (Å²) in [6.07, 6.45) is 0. The molecule has 0 saturated carbocycles. The predicted octanol–water partition coefficient (Wildman–Crippen LogP) is 4.25. The van der Waals surface area contributed by atoms with Crippen molar-refractivity contribution in [2.45, 2.75) is 40.3 Å². The number of thiazole rings is 1. The van der Waals surface area contributed by atoms with E-state index in [1.54, 1.807) is 37.4 Å². The topological polar surface area (TPSA) is 49.3 Å². The van der Waals surface area contributed by atoms with E-state index >= 15 is 0 Å². The first-order valence-electron chi connectivity index (χ1n) is 7.57. The van der Waals surface area contributed by atoms with Crippen LogP contribution in [0.15, 0.2) is 23.2 Å². The molecule has 0 bridgehead atoms. The van der Waals surface area contributed by atoms with Crippen LogP contribution in [0.3, 0.4) is 0 Å². The molecule has 132 valence electrons. The van der Waals surface area contributed by atoms with Crippen molar-refractivity contribution in [2.75, 3.05) is 7.05 Å². The number of hydrogen-bond donors (Lipinski definition) is 2. The molecule has 1 unspecified atom stereocenters. The third kappa shape index (κ3) is 5.41. The fourth-order valence-corrected chi connectivity index (χ4v) is 3.14. The highest BCUT2D eigenvalue weighted by molar-refractivity contribution is 14.0. The van der Waals surface area contributed by atoms with E-state index in [0.29, 0.717) is 18.1 Å². The molecule has 0 saturated heterocycles. The van der Waals surface area contributed by atoms with Crippen LogP contribution in [0.4, 0.5) is 4.39 Å². The molecule has 1 atom stereocenters. The number of guanidine groups is 1. The smallest absolute Gasteiger partial charge is 0.191 e. The first-order valence-corrected chi connectivity index (χ1v) is 8.38. The molecule has 2 N–H and O–H groups in total. The van der Waals surface area contributed by atoms with Crippen LogP contribution in [0.25, 0.3) is 0 Å². The lowest BCUT2D eigenvalue weighted by Gasteiger charge is -2.18. The predicted molar refractivity (Wildman–Crippen MR) is 110 cm³/mol. The quantitative estimate of drug-likeness (QED) is 0.406. The zero-order chi connectivity index (χ0) is 17.0. The van der Waals surface area contributed by atoms with E-state index in [0.717, 1.165) is 16.3 Å². The van der Waals surface area contributed by atoms with Gasteiger partial charge in [0.2, 0.25) is 0 Å². The third-order valence-corrected chi connectivity index (χ3v) is 4.76. The van der Waals surface area contributed by atoms with Crippen molar-refractivity contribution in [3.8, 4) is 0 Å². The molecule has 2 rings (SSSR count). The minimum Gasteiger partial charge on any atom is -0.351 e. The number of aliphatic imine (C=N–C) groups is 1. The zero-order valence-electron chi connectivity index (χ0n) is 14.6. The summed E-state index contributed by atoms with van der Waals surface area (Å²) in [6.45, 7) is 8.43. The molecule has 1 aromatic heterocycles. The third-order valence-electron chi connectivity index (χ3n) is 3.69. The molecule has 0 radical (unpaired) electrons. The van der Waals surface area contributed by atoms with Gasteiger partial charge in [0, 0.05) is 11.9 Å². The van der Waals surface area contributed by atoms with Crippen molar-refractivity contribution < 1.29 is 4.39 Å². The van der Waals surface area contributed by atoms with Gasteiger partial charge in [-0.1, -0.05) is 12.1 Å². The number of benzene rings is 1. The van der Waals surface area contributed by atoms with Crippen LogP contribution in [0, 0.1) is 26.6 Å². The zero-order valence-corrected chi connectivity index (χ0v) is 17.8. The van der Waals surface area contributed by atoms with Gasteiger partial charge in [0.05, 0.1) is 23.3 Å². The molecule has 0 fully saturated rings. The summed E-state index contributed by atoms with van der Waals surface area (Å²) in [4.78, 5) is 9.84. The second kappa shape index (κ2) is 9.31. The van der Waals surface area contributed by atoms with Crippen LogP contribution in [-0.4, -0.2) is 18.0 Å². The fraction of sp³-hybridized carbons (Fsp3) is 0.412. The second-order valence-electron chi connectivity index (χ2n) is 5.54. The Balaban J connectivity index is 0.00000288. The normalized spacial score (nSPS) is 12.5. The number of nitrogens with one attached hydrogen (secondary N) is 2. The van der Waals surface area contributed by atoms with Crippen LogP contribution >= 0.6 is 35.3 Å². The summed E-state index contributed by atoms with van der Waals surface area (Å²) in [5, 5.41) is 7.63. The molecule has 1 heterocycles. The summed E-state index contributed by atoms with van der Waals surface area (Å²) in [5.41, 5.74) is 2.59. The fourth-order valence-electron chi connectivity index (χ4n) is 2.26. The van der Waals surface area contributed by atoms with Gasteiger partial charge in [0.25, 0.3) is 0 Å². The second-order valence-corrected chi connectivity index (χ2v) is 6.83. The molecule has 1 aromatic carbocycles. The molecule has 2 aromatic rings. The largest absolute Gasteiger partial charge is 0.351 e. The van der Waals surface area contributed by atoms with Crippen LogP contribution in [0.5, 0.6) is 0 Å². The van der Waals surface area contributed by atoms with Crippen LogP contribution in [0.2, 0.25) is 0 Å². The van der Waals surface area contributed by atoms with E-state index in [4.69, 9.17) is 0 Å². The number of halogens is 2. The lowest BCUT2D eigenvalue weighted by molar-refractivity contribution is 0.607. The summed E-state index contributed by atoms with van der Waals surface area (Å²) >= 11 is 1.68. The maximum Gasteiger partial charge on any atom is 0.191 e. The number of aromatic nitrogens is 1. The highest BCUT2D eigenvalue weighted by Gasteiger charge is 2.11. The van der Waals surface area contributed by atoms with Crippen molar-refractivity contribution >= 4 is 41.3 Å². The molecular weight excluding hydrogens is 438 g/mol. The number of rotatable bonds is 4. The molecule has 0 aliphatic rings. The Bertz CT molecular complexity index is 715. The highest BCUT2D eigenvalue weighted by Crippen LogP contribution is 2.18. The maximum atomic E-state index is 13.7. The minimum atomic E-state index is -0.185. The Kier molecular flexibility index (Phi) is 8.08. The Morgan fingerprint density at radius 2 is 2.04 bits per heavy atom. The lowest BCUT2D eigenvalue weighted by Crippen LogP contribution is -2.38. The molecule has 0 amide bonds. The molecule has 7 heteroatoms. The first-order chi connectivity index (χ1) is 10.9. The summed E-state index contributed by atoms with van der Waals surface area (Å²) in [6, 6.07) is 5.25. The molecule has 0 aliphatic carbocycles. The number of aryl methyl sites for hydroxylation is 3. The van der Waals surface area contributed by atoms with Gasteiger partial charge in [-0.25, -0.2) is 9.37 Å². The Labute approximate surface area is 164 Å². The van der Waals surface area contributed by atoms with Crippen LogP contribution < -0.4 is 10.6 Å². The van der Waals surface area contributed by atoms with Gasteiger partial charge in [-0.2, -0.15) is 0 Å². The van der Waals surface area contributed by atoms with E-state index in [1.807, 2.05) is 26.8 Å². The Morgan fingerprint density at radius 1 is 1.33 bits per heavy atom. The summed E-state index contributed by atoms with van der Waals surface area (Å²) < 4.78 is 13.7. The van der Waals surface area contributed by atoms with Gasteiger partial charge in [-0.15, -0.1) is 35.3 Å². The van der Waals surface area contributed by atoms with E-state index in [-0.39, 0.29) is 35.8 Å². The Hall–Kier alpha value is -1.22. The lowest BCUT2D eigenvalue weighted by atomic mass is 10.1. The van der Waals surface area contributed by atoms with Crippen molar-refractivity contribution in [2.24, 2.45) is 4.99 Å². The van der Waals surface area contributed by atoms with Gasteiger partial charge < -0.3 is 10.6 Å². The van der Waals surface area contributed by atoms with Gasteiger partial charge in [-0.05, 0) is 44.9 Å². The van der Waals surface area contributed by atoms with Crippen molar-refractivity contribution in [1.82, 2.24) is 15.6 Å². The molecule has 4 nitrogen and oxygen atoms in total. The summed E-state index contributed by atoms with van der Waals surface area (Å²) in [7, 11) is 1.72. The van der Waals surface area contributed by atoms with E-state index in [1.165, 1.54) is 4.88 Å². The SMILES string of the molecule is CN=C(NCc1sc(C)nc1C)NC(C)c1ccc(C)c(F)c1.I. The average Bonchev–Trinajstić information content (AvgIpc) is 2.83. The van der Waals surface area contributed by atoms with Gasteiger partial charge in [-0.3, -0.25) is 4.99 Å². The Morgan fingerprint density at radius 3 is 2.58 bits per heavy atom. The molecular formula is C17H24FIN4S. The maximum absolute atomic E-state index is 13.7. The number of hydrogen-bond acceptors (Lipinski definition) is 3. The standard InChI is InChI=1S/C17H23FN4S.HI/c1-10-6-7-14(8-15(10)18)11(2)22-17(19-5)20-9-16-12(3)21-13(4)23-16;/h6-8,11H,9H2,1-5H3,(H2,19,20,22);1H. The van der Waals surface area contributed by atoms with Crippen LogP contribution in [-0.2, 0) is 6.54 Å². The van der Waals surface area contributed by atoms with E-state index in [9.17, 15) is 4.39 Å².